The molecule has 1 unspecified atom stereocenters. The van der Waals surface area contributed by atoms with Crippen LogP contribution >= 0.6 is 0 Å². The van der Waals surface area contributed by atoms with E-state index in [9.17, 15) is 20.0 Å². The first-order valence-corrected chi connectivity index (χ1v) is 9.91. The molecule has 2 aromatic carbocycles. The lowest BCUT2D eigenvalue weighted by molar-refractivity contribution is -0.384. The molecule has 9 heteroatoms. The topological polar surface area (TPSA) is 123 Å². The summed E-state index contributed by atoms with van der Waals surface area (Å²) in [5.74, 6) is -0.973. The molecule has 9 nitrogen and oxygen atoms in total. The highest BCUT2D eigenvalue weighted by molar-refractivity contribution is 5.72. The first-order chi connectivity index (χ1) is 14.8. The molecule has 0 radical (unpaired) electrons. The fourth-order valence-electron chi connectivity index (χ4n) is 3.36. The molecule has 0 aromatic heterocycles. The molecule has 0 aliphatic carbocycles. The van der Waals surface area contributed by atoms with Crippen LogP contribution in [0.1, 0.15) is 24.9 Å². The zero-order chi connectivity index (χ0) is 22.8. The number of piperazine rings is 1. The van der Waals surface area contributed by atoms with Gasteiger partial charge in [-0.05, 0) is 24.7 Å². The number of likely N-dealkylation sites (N-methyl/N-ethyl adjacent to an activating group) is 1. The number of benzene rings is 2. The Morgan fingerprint density at radius 2 is 1.84 bits per heavy atom. The average Bonchev–Trinajstić information content (AvgIpc) is 2.74. The van der Waals surface area contributed by atoms with Gasteiger partial charge in [0.2, 0.25) is 0 Å². The van der Waals surface area contributed by atoms with Gasteiger partial charge in [-0.25, -0.2) is 0 Å². The summed E-state index contributed by atoms with van der Waals surface area (Å²) in [7, 11) is 2.07. The van der Waals surface area contributed by atoms with Crippen molar-refractivity contribution in [2.45, 2.75) is 19.4 Å². The number of anilines is 2. The van der Waals surface area contributed by atoms with Crippen molar-refractivity contribution in [3.63, 3.8) is 0 Å². The Morgan fingerprint density at radius 1 is 1.23 bits per heavy atom. The van der Waals surface area contributed by atoms with Gasteiger partial charge in [-0.2, -0.15) is 5.26 Å². The maximum atomic E-state index is 11.5. The van der Waals surface area contributed by atoms with Gasteiger partial charge in [-0.1, -0.05) is 30.3 Å². The van der Waals surface area contributed by atoms with E-state index in [1.54, 1.807) is 18.2 Å². The van der Waals surface area contributed by atoms with Crippen molar-refractivity contribution >= 4 is 23.0 Å². The van der Waals surface area contributed by atoms with Gasteiger partial charge in [0.25, 0.3) is 5.69 Å². The van der Waals surface area contributed by atoms with Crippen LogP contribution in [0.2, 0.25) is 0 Å². The van der Waals surface area contributed by atoms with Crippen molar-refractivity contribution in [1.29, 1.82) is 5.26 Å². The van der Waals surface area contributed by atoms with Gasteiger partial charge < -0.3 is 20.2 Å². The summed E-state index contributed by atoms with van der Waals surface area (Å²) in [5, 5.41) is 31.2. The fourth-order valence-corrected chi connectivity index (χ4v) is 3.36. The van der Waals surface area contributed by atoms with Gasteiger partial charge in [0.1, 0.15) is 5.69 Å². The quantitative estimate of drug-likeness (QED) is 0.510. The molecule has 2 N–H and O–H groups in total. The lowest BCUT2D eigenvalue weighted by Gasteiger charge is -2.34. The maximum absolute atomic E-state index is 11.5. The molecule has 1 aliphatic heterocycles. The Morgan fingerprint density at radius 3 is 2.39 bits per heavy atom. The first kappa shape index (κ1) is 23.6. The molecule has 1 fully saturated rings. The van der Waals surface area contributed by atoms with Crippen LogP contribution in [0.4, 0.5) is 17.1 Å². The van der Waals surface area contributed by atoms with Crippen molar-refractivity contribution in [2.24, 2.45) is 0 Å². The van der Waals surface area contributed by atoms with Gasteiger partial charge >= 0.3 is 5.97 Å². The number of nitrogens with one attached hydrogen (secondary N) is 1. The summed E-state index contributed by atoms with van der Waals surface area (Å²) in [6, 6.07) is 15.3. The number of hydrogen-bond donors (Lipinski definition) is 2. The van der Waals surface area contributed by atoms with Gasteiger partial charge in [0.05, 0.1) is 23.5 Å². The molecule has 2 aromatic rings. The van der Waals surface area contributed by atoms with Gasteiger partial charge in [0, 0.05) is 44.9 Å². The third kappa shape index (κ3) is 6.97. The van der Waals surface area contributed by atoms with Crippen LogP contribution in [0.5, 0.6) is 0 Å². The Hall–Kier alpha value is -3.64. The van der Waals surface area contributed by atoms with E-state index in [0.29, 0.717) is 5.69 Å². The van der Waals surface area contributed by atoms with Crippen molar-refractivity contribution in [1.82, 2.24) is 4.90 Å². The summed E-state index contributed by atoms with van der Waals surface area (Å²) < 4.78 is 0. The number of aliphatic carboxylic acids is 1. The highest BCUT2D eigenvalue weighted by Gasteiger charge is 2.23. The van der Waals surface area contributed by atoms with E-state index >= 15 is 0 Å². The largest absolute Gasteiger partial charge is 0.481 e. The van der Waals surface area contributed by atoms with Crippen LogP contribution in [0, 0.1) is 21.4 Å². The van der Waals surface area contributed by atoms with Crippen molar-refractivity contribution < 1.29 is 14.8 Å². The van der Waals surface area contributed by atoms with E-state index in [4.69, 9.17) is 5.26 Å². The molecule has 1 atom stereocenters. The molecular weight excluding hydrogens is 398 g/mol. The number of nitro benzene ring substituents is 1. The zero-order valence-electron chi connectivity index (χ0n) is 17.7. The van der Waals surface area contributed by atoms with Crippen LogP contribution in [0.15, 0.2) is 48.5 Å². The van der Waals surface area contributed by atoms with Crippen LogP contribution in [-0.4, -0.2) is 54.1 Å². The second kappa shape index (κ2) is 11.5. The third-order valence-corrected chi connectivity index (χ3v) is 4.96. The summed E-state index contributed by atoms with van der Waals surface area (Å²) in [4.78, 5) is 26.8. The smallest absolute Gasteiger partial charge is 0.305 e. The monoisotopic (exact) mass is 425 g/mol. The zero-order valence-corrected chi connectivity index (χ0v) is 17.7. The number of carboxylic acids is 1. The molecule has 31 heavy (non-hydrogen) atoms. The summed E-state index contributed by atoms with van der Waals surface area (Å²) in [6.45, 7) is 4.95. The van der Waals surface area contributed by atoms with Gasteiger partial charge in [0.15, 0.2) is 0 Å². The minimum absolute atomic E-state index is 0.0656. The molecular formula is C22H27N5O4. The molecule has 1 heterocycles. The molecule has 0 spiro atoms. The normalized spacial score (nSPS) is 14.5. The molecule has 0 bridgehead atoms. The number of rotatable bonds is 7. The van der Waals surface area contributed by atoms with Gasteiger partial charge in [-0.3, -0.25) is 14.9 Å². The molecule has 1 aliphatic rings. The average molecular weight is 425 g/mol. The van der Waals surface area contributed by atoms with E-state index in [0.717, 1.165) is 37.4 Å². The Kier molecular flexibility index (Phi) is 8.78. The lowest BCUT2D eigenvalue weighted by atomic mass is 10.0. The lowest BCUT2D eigenvalue weighted by Crippen LogP contribution is -2.44. The number of hydrogen-bond acceptors (Lipinski definition) is 7. The molecule has 3 rings (SSSR count). The van der Waals surface area contributed by atoms with E-state index in [2.05, 4.69) is 22.2 Å². The predicted molar refractivity (Wildman–Crippen MR) is 119 cm³/mol. The van der Waals surface area contributed by atoms with Crippen molar-refractivity contribution in [3.8, 4) is 6.07 Å². The number of nitro groups is 1. The molecule has 164 valence electrons. The fraction of sp³-hybridized carbons (Fsp3) is 0.364. The van der Waals surface area contributed by atoms with Crippen molar-refractivity contribution in [3.05, 3.63) is 64.2 Å². The highest BCUT2D eigenvalue weighted by atomic mass is 16.6. The number of carboxylic acid groups (broad SMARTS) is 1. The van der Waals surface area contributed by atoms with Gasteiger partial charge in [-0.15, -0.1) is 0 Å². The van der Waals surface area contributed by atoms with Crippen molar-refractivity contribution in [2.75, 3.05) is 43.4 Å². The van der Waals surface area contributed by atoms with Crippen LogP contribution < -0.4 is 10.2 Å². The minimum atomic E-state index is -0.973. The standard InChI is InChI=1S/C20H24N4O4.C2H3N/c1-22-9-11-23(12-10-22)16-7-8-19(24(27)28)18(13-16)21-17(14-20(25)26)15-5-3-2-4-6-15;1-2-3/h2-8,13,17,21H,9-12,14H2,1H3,(H,25,26);1H3. The summed E-state index contributed by atoms with van der Waals surface area (Å²) >= 11 is 0. The number of nitriles is 1. The Bertz CT molecular complexity index is 921. The maximum Gasteiger partial charge on any atom is 0.305 e. The SMILES string of the molecule is CC#N.CN1CCN(c2ccc([N+](=O)[O-])c(NC(CC(=O)O)c3ccccc3)c2)CC1. The summed E-state index contributed by atoms with van der Waals surface area (Å²) in [5.41, 5.74) is 1.92. The van der Waals surface area contributed by atoms with E-state index < -0.39 is 16.9 Å². The van der Waals surface area contributed by atoms with E-state index in [1.807, 2.05) is 30.3 Å². The summed E-state index contributed by atoms with van der Waals surface area (Å²) in [6.07, 6.45) is -0.181. The number of nitrogens with zero attached hydrogens (tertiary/aromatic N) is 4. The molecule has 0 saturated carbocycles. The third-order valence-electron chi connectivity index (χ3n) is 4.96. The minimum Gasteiger partial charge on any atom is -0.481 e. The Balaban J connectivity index is 0.00000107. The van der Waals surface area contributed by atoms with Crippen LogP contribution in [-0.2, 0) is 4.79 Å². The second-order valence-electron chi connectivity index (χ2n) is 7.18. The number of carbonyl (C=O) groups is 1. The highest BCUT2D eigenvalue weighted by Crippen LogP contribution is 2.33. The van der Waals surface area contributed by atoms with E-state index in [1.165, 1.54) is 13.0 Å². The molecule has 0 amide bonds. The van der Waals surface area contributed by atoms with Crippen LogP contribution in [0.25, 0.3) is 0 Å². The molecule has 1 saturated heterocycles. The first-order valence-electron chi connectivity index (χ1n) is 9.91. The predicted octanol–water partition coefficient (Wildman–Crippen LogP) is 3.50. The Labute approximate surface area is 181 Å². The van der Waals surface area contributed by atoms with Crippen LogP contribution in [0.3, 0.4) is 0 Å². The second-order valence-corrected chi connectivity index (χ2v) is 7.18. The van der Waals surface area contributed by atoms with E-state index in [-0.39, 0.29) is 12.1 Å².